The Balaban J connectivity index is 1.37. The third kappa shape index (κ3) is 6.61. The molecule has 0 radical (unpaired) electrons. The number of rotatable bonds is 11. The van der Waals surface area contributed by atoms with Crippen molar-refractivity contribution in [2.75, 3.05) is 6.61 Å². The molecule has 0 unspecified atom stereocenters. The summed E-state index contributed by atoms with van der Waals surface area (Å²) in [5.41, 5.74) is 3.33. The van der Waals surface area contributed by atoms with E-state index >= 15 is 4.39 Å². The number of hydrogen-bond donors (Lipinski definition) is 0. The predicted molar refractivity (Wildman–Crippen MR) is 142 cm³/mol. The minimum absolute atomic E-state index is 0.288. The van der Waals surface area contributed by atoms with Gasteiger partial charge in [0.05, 0.1) is 6.61 Å². The number of benzene rings is 4. The maximum absolute atomic E-state index is 15.2. The van der Waals surface area contributed by atoms with Crippen LogP contribution in [-0.4, -0.2) is 6.61 Å². The van der Waals surface area contributed by atoms with Crippen LogP contribution in [0.4, 0.5) is 13.2 Å². The van der Waals surface area contributed by atoms with E-state index in [0.29, 0.717) is 29.4 Å². The first-order chi connectivity index (χ1) is 17.4. The summed E-state index contributed by atoms with van der Waals surface area (Å²) < 4.78 is 48.3. The van der Waals surface area contributed by atoms with Gasteiger partial charge in [0.1, 0.15) is 28.2 Å². The summed E-state index contributed by atoms with van der Waals surface area (Å²) in [5, 5.41) is 0.873. The Bertz CT molecular complexity index is 1290. The van der Waals surface area contributed by atoms with Crippen molar-refractivity contribution in [3.8, 4) is 5.75 Å². The van der Waals surface area contributed by atoms with Gasteiger partial charge in [-0.05, 0) is 84.0 Å². The minimum Gasteiger partial charge on any atom is -0.494 e. The average molecular weight is 511 g/mol. The van der Waals surface area contributed by atoms with E-state index in [9.17, 15) is 8.78 Å². The molecule has 4 aromatic carbocycles. The molecule has 0 N–H and O–H groups in total. The van der Waals surface area contributed by atoms with Gasteiger partial charge in [-0.3, -0.25) is 0 Å². The topological polar surface area (TPSA) is 9.23 Å². The lowest BCUT2D eigenvalue weighted by Gasteiger charge is -2.10. The second-order valence-corrected chi connectivity index (χ2v) is 9.55. The summed E-state index contributed by atoms with van der Waals surface area (Å²) in [4.78, 5) is 0. The first-order valence-electron chi connectivity index (χ1n) is 12.5. The molecule has 36 heavy (non-hydrogen) atoms. The van der Waals surface area contributed by atoms with Crippen molar-refractivity contribution in [3.63, 3.8) is 0 Å². The fourth-order valence-electron chi connectivity index (χ4n) is 4.35. The van der Waals surface area contributed by atoms with Crippen LogP contribution in [0.25, 0.3) is 10.8 Å². The Kier molecular flexibility index (Phi) is 8.93. The standard InChI is InChI=1S/C31H30ClF3O/c1-2-3-4-17-36-26-14-8-21(9-15-26)5-6-22-10-16-27-25(18-22)13-12-24(31(27)35)11-7-23-19-28(33)30(32)29(34)20-23/h8-10,12-16,18-20H,2-7,11,17H2,1H3. The van der Waals surface area contributed by atoms with Crippen molar-refractivity contribution < 1.29 is 17.9 Å². The van der Waals surface area contributed by atoms with Crippen LogP contribution in [0.5, 0.6) is 5.75 Å². The highest BCUT2D eigenvalue weighted by Gasteiger charge is 2.12. The quantitative estimate of drug-likeness (QED) is 0.144. The summed E-state index contributed by atoms with van der Waals surface area (Å²) in [5.74, 6) is -0.989. The summed E-state index contributed by atoms with van der Waals surface area (Å²) in [6.45, 7) is 2.93. The summed E-state index contributed by atoms with van der Waals surface area (Å²) >= 11 is 5.54. The van der Waals surface area contributed by atoms with Gasteiger partial charge in [-0.2, -0.15) is 0 Å². The molecule has 0 fully saturated rings. The lowest BCUT2D eigenvalue weighted by molar-refractivity contribution is 0.306. The summed E-state index contributed by atoms with van der Waals surface area (Å²) in [7, 11) is 0. The monoisotopic (exact) mass is 510 g/mol. The van der Waals surface area contributed by atoms with E-state index in [2.05, 4.69) is 19.1 Å². The molecule has 5 heteroatoms. The zero-order valence-electron chi connectivity index (χ0n) is 20.4. The van der Waals surface area contributed by atoms with Crippen LogP contribution in [-0.2, 0) is 25.7 Å². The second-order valence-electron chi connectivity index (χ2n) is 9.17. The minimum atomic E-state index is -0.801. The van der Waals surface area contributed by atoms with E-state index in [1.807, 2.05) is 36.4 Å². The molecule has 188 valence electrons. The highest BCUT2D eigenvalue weighted by Crippen LogP contribution is 2.26. The molecule has 0 spiro atoms. The van der Waals surface area contributed by atoms with Crippen molar-refractivity contribution in [3.05, 3.63) is 111 Å². The average Bonchev–Trinajstić information content (AvgIpc) is 2.88. The normalized spacial score (nSPS) is 11.2. The van der Waals surface area contributed by atoms with E-state index in [4.69, 9.17) is 16.3 Å². The zero-order valence-corrected chi connectivity index (χ0v) is 21.2. The number of hydrogen-bond acceptors (Lipinski definition) is 1. The first-order valence-corrected chi connectivity index (χ1v) is 12.9. The molecular formula is C31H30ClF3O. The van der Waals surface area contributed by atoms with Crippen LogP contribution < -0.4 is 4.74 Å². The van der Waals surface area contributed by atoms with Gasteiger partial charge in [0.25, 0.3) is 0 Å². The van der Waals surface area contributed by atoms with Crippen molar-refractivity contribution in [2.24, 2.45) is 0 Å². The Morgan fingerprint density at radius 1 is 0.694 bits per heavy atom. The van der Waals surface area contributed by atoms with E-state index in [1.165, 1.54) is 30.5 Å². The fourth-order valence-corrected chi connectivity index (χ4v) is 4.46. The lowest BCUT2D eigenvalue weighted by atomic mass is 9.97. The maximum Gasteiger partial charge on any atom is 0.145 e. The molecule has 4 aromatic rings. The summed E-state index contributed by atoms with van der Waals surface area (Å²) in [6.07, 6.45) is 5.82. The third-order valence-electron chi connectivity index (χ3n) is 6.47. The Hall–Kier alpha value is -2.98. The first kappa shape index (κ1) is 26.1. The number of ether oxygens (including phenoxy) is 1. The van der Waals surface area contributed by atoms with Crippen LogP contribution >= 0.6 is 11.6 Å². The number of halogens is 4. The Morgan fingerprint density at radius 3 is 2.08 bits per heavy atom. The van der Waals surface area contributed by atoms with Crippen molar-refractivity contribution in [1.29, 1.82) is 0 Å². The van der Waals surface area contributed by atoms with E-state index in [0.717, 1.165) is 42.6 Å². The fraction of sp³-hybridized carbons (Fsp3) is 0.290. The number of unbranched alkanes of at least 4 members (excludes halogenated alkanes) is 2. The van der Waals surface area contributed by atoms with E-state index in [1.54, 1.807) is 6.07 Å². The van der Waals surface area contributed by atoms with Gasteiger partial charge in [0.15, 0.2) is 0 Å². The molecule has 0 aromatic heterocycles. The predicted octanol–water partition coefficient (Wildman–Crippen LogP) is 9.05. The maximum atomic E-state index is 15.2. The molecule has 0 amide bonds. The van der Waals surface area contributed by atoms with Gasteiger partial charge in [0, 0.05) is 5.39 Å². The SMILES string of the molecule is CCCCCOc1ccc(CCc2ccc3c(F)c(CCc4cc(F)c(Cl)c(F)c4)ccc3c2)cc1. The molecule has 0 saturated heterocycles. The largest absolute Gasteiger partial charge is 0.494 e. The number of fused-ring (bicyclic) bond motifs is 1. The third-order valence-corrected chi connectivity index (χ3v) is 6.83. The number of aryl methyl sites for hydroxylation is 4. The van der Waals surface area contributed by atoms with Gasteiger partial charge < -0.3 is 4.74 Å². The van der Waals surface area contributed by atoms with Crippen LogP contribution in [0.2, 0.25) is 5.02 Å². The van der Waals surface area contributed by atoms with Crippen LogP contribution in [0.1, 0.15) is 48.4 Å². The molecule has 1 nitrogen and oxygen atoms in total. The van der Waals surface area contributed by atoms with Crippen molar-refractivity contribution in [2.45, 2.75) is 51.9 Å². The smallest absolute Gasteiger partial charge is 0.145 e. The molecule has 0 heterocycles. The molecule has 0 aliphatic rings. The van der Waals surface area contributed by atoms with Gasteiger partial charge in [-0.25, -0.2) is 13.2 Å². The molecular weight excluding hydrogens is 481 g/mol. The van der Waals surface area contributed by atoms with E-state index < -0.39 is 16.7 Å². The Morgan fingerprint density at radius 2 is 1.36 bits per heavy atom. The van der Waals surface area contributed by atoms with Crippen molar-refractivity contribution in [1.82, 2.24) is 0 Å². The van der Waals surface area contributed by atoms with E-state index in [-0.39, 0.29) is 5.82 Å². The van der Waals surface area contributed by atoms with Gasteiger partial charge >= 0.3 is 0 Å². The second kappa shape index (κ2) is 12.3. The molecule has 0 saturated carbocycles. The Labute approximate surface area is 215 Å². The summed E-state index contributed by atoms with van der Waals surface area (Å²) in [6, 6.07) is 20.1. The molecule has 0 atom stereocenters. The zero-order chi connectivity index (χ0) is 25.5. The van der Waals surface area contributed by atoms with Gasteiger partial charge in [0.2, 0.25) is 0 Å². The molecule has 0 bridgehead atoms. The van der Waals surface area contributed by atoms with Crippen LogP contribution in [0.3, 0.4) is 0 Å². The highest BCUT2D eigenvalue weighted by molar-refractivity contribution is 6.30. The molecule has 0 aliphatic heterocycles. The highest BCUT2D eigenvalue weighted by atomic mass is 35.5. The van der Waals surface area contributed by atoms with Crippen LogP contribution in [0.15, 0.2) is 66.7 Å². The van der Waals surface area contributed by atoms with Gasteiger partial charge in [-0.15, -0.1) is 0 Å². The molecule has 4 rings (SSSR count). The van der Waals surface area contributed by atoms with Crippen LogP contribution in [0, 0.1) is 17.5 Å². The van der Waals surface area contributed by atoms with Crippen molar-refractivity contribution >= 4 is 22.4 Å². The lowest BCUT2D eigenvalue weighted by Crippen LogP contribution is -1.99. The van der Waals surface area contributed by atoms with Gasteiger partial charge in [-0.1, -0.05) is 73.8 Å². The molecule has 0 aliphatic carbocycles.